The summed E-state index contributed by atoms with van der Waals surface area (Å²) in [6.07, 6.45) is 0. The Labute approximate surface area is 111 Å². The first-order chi connectivity index (χ1) is 7.70. The van der Waals surface area contributed by atoms with E-state index in [-0.39, 0.29) is 0 Å². The van der Waals surface area contributed by atoms with Crippen LogP contribution in [0.2, 0.25) is 5.02 Å². The molecule has 0 saturated carbocycles. The first-order valence-electron chi connectivity index (χ1n) is 5.41. The lowest BCUT2D eigenvalue weighted by molar-refractivity contribution is 0.780. The summed E-state index contributed by atoms with van der Waals surface area (Å²) < 4.78 is 0. The molecule has 0 spiro atoms. The highest BCUT2D eigenvalue weighted by molar-refractivity contribution is 8.00. The zero-order valence-electron chi connectivity index (χ0n) is 9.25. The van der Waals surface area contributed by atoms with Crippen LogP contribution < -0.4 is 4.90 Å². The van der Waals surface area contributed by atoms with Gasteiger partial charge in [-0.15, -0.1) is 11.6 Å². The summed E-state index contributed by atoms with van der Waals surface area (Å²) in [5.74, 6) is 1.71. The highest BCUT2D eigenvalue weighted by Crippen LogP contribution is 2.29. The monoisotopic (exact) mass is 275 g/mol. The summed E-state index contributed by atoms with van der Waals surface area (Å²) in [5.41, 5.74) is 2.37. The Bertz CT molecular complexity index is 370. The van der Waals surface area contributed by atoms with Crippen molar-refractivity contribution in [3.05, 3.63) is 28.8 Å². The average molecular weight is 276 g/mol. The molecule has 1 aromatic carbocycles. The molecule has 1 nitrogen and oxygen atoms in total. The largest absolute Gasteiger partial charge is 0.369 e. The fraction of sp³-hybridized carbons (Fsp3) is 0.500. The van der Waals surface area contributed by atoms with Gasteiger partial charge in [0.15, 0.2) is 0 Å². The Morgan fingerprint density at radius 2 is 2.31 bits per heavy atom. The van der Waals surface area contributed by atoms with Gasteiger partial charge in [0.2, 0.25) is 0 Å². The molecule has 1 aromatic rings. The van der Waals surface area contributed by atoms with Gasteiger partial charge in [0.05, 0.1) is 0 Å². The topological polar surface area (TPSA) is 3.24 Å². The van der Waals surface area contributed by atoms with E-state index in [2.05, 4.69) is 17.9 Å². The van der Waals surface area contributed by atoms with Crippen molar-refractivity contribution in [2.45, 2.75) is 18.1 Å². The zero-order chi connectivity index (χ0) is 11.5. The molecular formula is C12H15Cl2NS. The number of hydrogen-bond donors (Lipinski definition) is 0. The average Bonchev–Trinajstić information content (AvgIpc) is 2.28. The van der Waals surface area contributed by atoms with Crippen LogP contribution in [0.15, 0.2) is 18.2 Å². The fourth-order valence-electron chi connectivity index (χ4n) is 2.01. The molecule has 4 heteroatoms. The first-order valence-corrected chi connectivity index (χ1v) is 7.38. The lowest BCUT2D eigenvalue weighted by Crippen LogP contribution is -2.37. The SMILES string of the molecule is CC1CN(c2ccc(Cl)cc2CCl)CCS1. The summed E-state index contributed by atoms with van der Waals surface area (Å²) in [7, 11) is 0. The maximum Gasteiger partial charge on any atom is 0.0495 e. The second kappa shape index (κ2) is 5.52. The molecule has 1 unspecified atom stereocenters. The Hall–Kier alpha value is -0.0500. The van der Waals surface area contributed by atoms with Crippen molar-refractivity contribution in [2.24, 2.45) is 0 Å². The van der Waals surface area contributed by atoms with Gasteiger partial charge in [0, 0.05) is 40.7 Å². The maximum atomic E-state index is 5.98. The van der Waals surface area contributed by atoms with Crippen LogP contribution in [0, 0.1) is 0 Å². The predicted molar refractivity (Wildman–Crippen MR) is 75.1 cm³/mol. The van der Waals surface area contributed by atoms with E-state index in [1.165, 1.54) is 11.4 Å². The molecule has 1 heterocycles. The number of nitrogens with zero attached hydrogens (tertiary/aromatic N) is 1. The molecule has 16 heavy (non-hydrogen) atoms. The number of hydrogen-bond acceptors (Lipinski definition) is 2. The Morgan fingerprint density at radius 3 is 3.00 bits per heavy atom. The minimum atomic E-state index is 0.522. The molecule has 2 rings (SSSR count). The minimum absolute atomic E-state index is 0.522. The molecule has 0 aromatic heterocycles. The van der Waals surface area contributed by atoms with Crippen LogP contribution >= 0.6 is 35.0 Å². The van der Waals surface area contributed by atoms with Gasteiger partial charge in [-0.2, -0.15) is 11.8 Å². The number of alkyl halides is 1. The van der Waals surface area contributed by atoms with Gasteiger partial charge in [-0.25, -0.2) is 0 Å². The third-order valence-corrected chi connectivity index (χ3v) is 4.43. The van der Waals surface area contributed by atoms with Gasteiger partial charge in [-0.05, 0) is 23.8 Å². The molecular weight excluding hydrogens is 261 g/mol. The van der Waals surface area contributed by atoms with Crippen LogP contribution in [0.1, 0.15) is 12.5 Å². The molecule has 1 fully saturated rings. The number of thioether (sulfide) groups is 1. The van der Waals surface area contributed by atoms with E-state index in [9.17, 15) is 0 Å². The third kappa shape index (κ3) is 2.79. The van der Waals surface area contributed by atoms with Crippen molar-refractivity contribution in [3.63, 3.8) is 0 Å². The van der Waals surface area contributed by atoms with Crippen LogP contribution in [0.5, 0.6) is 0 Å². The van der Waals surface area contributed by atoms with E-state index < -0.39 is 0 Å². The molecule has 0 bridgehead atoms. The minimum Gasteiger partial charge on any atom is -0.369 e. The highest BCUT2D eigenvalue weighted by Gasteiger charge is 2.18. The second-order valence-corrected chi connectivity index (χ2v) is 6.28. The zero-order valence-corrected chi connectivity index (χ0v) is 11.6. The van der Waals surface area contributed by atoms with E-state index >= 15 is 0 Å². The van der Waals surface area contributed by atoms with E-state index in [0.717, 1.165) is 23.7 Å². The van der Waals surface area contributed by atoms with E-state index in [4.69, 9.17) is 23.2 Å². The van der Waals surface area contributed by atoms with Crippen LogP contribution in [0.4, 0.5) is 5.69 Å². The lowest BCUT2D eigenvalue weighted by Gasteiger charge is -2.33. The Morgan fingerprint density at radius 1 is 1.50 bits per heavy atom. The normalized spacial score (nSPS) is 21.2. The van der Waals surface area contributed by atoms with Gasteiger partial charge >= 0.3 is 0 Å². The predicted octanol–water partition coefficient (Wildman–Crippen LogP) is 4.02. The summed E-state index contributed by atoms with van der Waals surface area (Å²) in [6.45, 7) is 4.46. The summed E-state index contributed by atoms with van der Waals surface area (Å²) in [4.78, 5) is 2.41. The van der Waals surface area contributed by atoms with Crippen molar-refractivity contribution in [1.82, 2.24) is 0 Å². The summed E-state index contributed by atoms with van der Waals surface area (Å²) >= 11 is 14.0. The van der Waals surface area contributed by atoms with E-state index in [1.807, 2.05) is 23.9 Å². The van der Waals surface area contributed by atoms with Crippen molar-refractivity contribution >= 4 is 40.7 Å². The molecule has 1 atom stereocenters. The van der Waals surface area contributed by atoms with Gasteiger partial charge < -0.3 is 4.90 Å². The molecule has 0 aliphatic carbocycles. The van der Waals surface area contributed by atoms with Crippen LogP contribution in [-0.2, 0) is 5.88 Å². The maximum absolute atomic E-state index is 5.98. The van der Waals surface area contributed by atoms with Gasteiger partial charge in [-0.3, -0.25) is 0 Å². The van der Waals surface area contributed by atoms with Crippen LogP contribution in [-0.4, -0.2) is 24.1 Å². The number of halogens is 2. The van der Waals surface area contributed by atoms with Gasteiger partial charge in [0.25, 0.3) is 0 Å². The molecule has 0 amide bonds. The quantitative estimate of drug-likeness (QED) is 0.750. The first kappa shape index (κ1) is 12.4. The van der Waals surface area contributed by atoms with Crippen LogP contribution in [0.25, 0.3) is 0 Å². The number of anilines is 1. The Kier molecular flexibility index (Phi) is 4.28. The second-order valence-electron chi connectivity index (χ2n) is 4.03. The van der Waals surface area contributed by atoms with Gasteiger partial charge in [-0.1, -0.05) is 18.5 Å². The van der Waals surface area contributed by atoms with Crippen molar-refractivity contribution in [1.29, 1.82) is 0 Å². The molecule has 1 saturated heterocycles. The van der Waals surface area contributed by atoms with Crippen molar-refractivity contribution in [2.75, 3.05) is 23.7 Å². The fourth-order valence-corrected chi connectivity index (χ4v) is 3.43. The van der Waals surface area contributed by atoms with E-state index in [1.54, 1.807) is 0 Å². The molecule has 1 aliphatic heterocycles. The lowest BCUT2D eigenvalue weighted by atomic mass is 10.1. The number of rotatable bonds is 2. The molecule has 1 aliphatic rings. The molecule has 0 radical (unpaired) electrons. The summed E-state index contributed by atoms with van der Waals surface area (Å²) in [5, 5.41) is 1.45. The number of benzene rings is 1. The standard InChI is InChI=1S/C12H15Cl2NS/c1-9-8-15(4-5-16-9)12-3-2-11(14)6-10(12)7-13/h2-3,6,9H,4-5,7-8H2,1H3. The molecule has 88 valence electrons. The molecule has 0 N–H and O–H groups in total. The Balaban J connectivity index is 2.24. The van der Waals surface area contributed by atoms with Gasteiger partial charge in [0.1, 0.15) is 0 Å². The van der Waals surface area contributed by atoms with Crippen molar-refractivity contribution < 1.29 is 0 Å². The summed E-state index contributed by atoms with van der Waals surface area (Å²) in [6, 6.07) is 6.00. The third-order valence-electron chi connectivity index (χ3n) is 2.77. The van der Waals surface area contributed by atoms with Crippen molar-refractivity contribution in [3.8, 4) is 0 Å². The smallest absolute Gasteiger partial charge is 0.0495 e. The van der Waals surface area contributed by atoms with Crippen LogP contribution in [0.3, 0.4) is 0 Å². The van der Waals surface area contributed by atoms with E-state index in [0.29, 0.717) is 11.1 Å². The highest BCUT2D eigenvalue weighted by atomic mass is 35.5.